The van der Waals surface area contributed by atoms with Crippen LogP contribution in [0, 0.1) is 18.7 Å². The Labute approximate surface area is 199 Å². The SMILES string of the molecule is Cc1ccn(CC(=O)N[C@H]2CC[C@H](CCN3CCC(c4noc5cc(F)ccc45)CC3)CC2)n1. The molecule has 1 aliphatic heterocycles. The molecule has 1 amide bonds. The summed E-state index contributed by atoms with van der Waals surface area (Å²) in [4.78, 5) is 14.9. The number of nitrogens with one attached hydrogen (secondary N) is 1. The fourth-order valence-corrected chi connectivity index (χ4v) is 5.59. The Morgan fingerprint density at radius 1 is 1.15 bits per heavy atom. The Kier molecular flexibility index (Phi) is 6.94. The minimum absolute atomic E-state index is 0.0550. The number of nitrogens with zero attached hydrogens (tertiary/aromatic N) is 4. The van der Waals surface area contributed by atoms with E-state index >= 15 is 0 Å². The van der Waals surface area contributed by atoms with Crippen LogP contribution >= 0.6 is 0 Å². The summed E-state index contributed by atoms with van der Waals surface area (Å²) in [7, 11) is 0. The molecule has 0 spiro atoms. The highest BCUT2D eigenvalue weighted by atomic mass is 19.1. The summed E-state index contributed by atoms with van der Waals surface area (Å²) in [5.41, 5.74) is 2.46. The van der Waals surface area contributed by atoms with Gasteiger partial charge in [-0.05, 0) is 95.6 Å². The normalized spacial score (nSPS) is 22.3. The van der Waals surface area contributed by atoms with E-state index in [0.29, 0.717) is 24.1 Å². The molecular weight excluding hydrogens is 433 g/mol. The standard InChI is InChI=1S/C26H34FN5O2/c1-18-8-15-32(29-18)17-25(33)28-22-5-2-19(3-6-22)9-12-31-13-10-20(11-14-31)26-23-7-4-21(27)16-24(23)34-30-26/h4,7-8,15-16,19-20,22H,2-3,5-6,9-14,17H2,1H3,(H,28,33)/t19-,22-. The van der Waals surface area contributed by atoms with Crippen LogP contribution in [-0.2, 0) is 11.3 Å². The van der Waals surface area contributed by atoms with Crippen LogP contribution in [0.1, 0.15) is 62.3 Å². The van der Waals surface area contributed by atoms with Crippen LogP contribution < -0.4 is 5.32 Å². The van der Waals surface area contributed by atoms with Gasteiger partial charge in [0.05, 0.1) is 11.4 Å². The second-order valence-corrected chi connectivity index (χ2v) is 10.1. The summed E-state index contributed by atoms with van der Waals surface area (Å²) in [6.45, 7) is 5.50. The van der Waals surface area contributed by atoms with E-state index in [-0.39, 0.29) is 11.7 Å². The van der Waals surface area contributed by atoms with Gasteiger partial charge in [-0.3, -0.25) is 9.48 Å². The zero-order chi connectivity index (χ0) is 23.5. The van der Waals surface area contributed by atoms with Crippen LogP contribution in [0.4, 0.5) is 4.39 Å². The number of fused-ring (bicyclic) bond motifs is 1. The van der Waals surface area contributed by atoms with Crippen LogP contribution in [0.15, 0.2) is 35.0 Å². The molecule has 8 heteroatoms. The number of benzene rings is 1. The molecule has 0 unspecified atom stereocenters. The second kappa shape index (κ2) is 10.3. The molecule has 0 atom stereocenters. The molecule has 182 valence electrons. The average Bonchev–Trinajstić information content (AvgIpc) is 3.44. The molecule has 0 bridgehead atoms. The maximum atomic E-state index is 13.4. The Balaban J connectivity index is 1.01. The topological polar surface area (TPSA) is 76.2 Å². The lowest BCUT2D eigenvalue weighted by molar-refractivity contribution is -0.122. The Bertz CT molecular complexity index is 1110. The van der Waals surface area contributed by atoms with E-state index in [9.17, 15) is 9.18 Å². The molecule has 2 aromatic heterocycles. The van der Waals surface area contributed by atoms with Crippen molar-refractivity contribution in [2.75, 3.05) is 19.6 Å². The number of hydrogen-bond donors (Lipinski definition) is 1. The molecule has 1 saturated carbocycles. The molecule has 3 aromatic rings. The molecular formula is C26H34FN5O2. The van der Waals surface area contributed by atoms with Gasteiger partial charge in [0.2, 0.25) is 5.91 Å². The minimum Gasteiger partial charge on any atom is -0.356 e. The van der Waals surface area contributed by atoms with Gasteiger partial charge in [-0.15, -0.1) is 0 Å². The molecule has 1 saturated heterocycles. The Morgan fingerprint density at radius 3 is 2.68 bits per heavy atom. The van der Waals surface area contributed by atoms with Gasteiger partial charge in [0.15, 0.2) is 5.58 Å². The van der Waals surface area contributed by atoms with Crippen molar-refractivity contribution < 1.29 is 13.7 Å². The number of likely N-dealkylation sites (tertiary alicyclic amines) is 1. The lowest BCUT2D eigenvalue weighted by atomic mass is 9.83. The van der Waals surface area contributed by atoms with Crippen molar-refractivity contribution in [1.82, 2.24) is 25.2 Å². The highest BCUT2D eigenvalue weighted by Crippen LogP contribution is 2.33. The molecule has 1 aliphatic carbocycles. The number of hydrogen-bond acceptors (Lipinski definition) is 5. The van der Waals surface area contributed by atoms with E-state index in [0.717, 1.165) is 68.0 Å². The number of aromatic nitrogens is 3. The smallest absolute Gasteiger partial charge is 0.241 e. The van der Waals surface area contributed by atoms with Gasteiger partial charge in [0.1, 0.15) is 12.4 Å². The predicted molar refractivity (Wildman–Crippen MR) is 128 cm³/mol. The van der Waals surface area contributed by atoms with Crippen LogP contribution in [0.5, 0.6) is 0 Å². The first-order chi connectivity index (χ1) is 16.5. The molecule has 1 N–H and O–H groups in total. The molecule has 34 heavy (non-hydrogen) atoms. The molecule has 7 nitrogen and oxygen atoms in total. The maximum absolute atomic E-state index is 13.4. The highest BCUT2D eigenvalue weighted by Gasteiger charge is 2.27. The fraction of sp³-hybridized carbons (Fsp3) is 0.577. The van der Waals surface area contributed by atoms with Gasteiger partial charge >= 0.3 is 0 Å². The minimum atomic E-state index is -0.286. The molecule has 5 rings (SSSR count). The third-order valence-electron chi connectivity index (χ3n) is 7.58. The van der Waals surface area contributed by atoms with Crippen molar-refractivity contribution in [3.63, 3.8) is 0 Å². The van der Waals surface area contributed by atoms with Crippen molar-refractivity contribution in [2.45, 2.75) is 70.4 Å². The monoisotopic (exact) mass is 467 g/mol. The summed E-state index contributed by atoms with van der Waals surface area (Å²) in [5, 5.41) is 12.7. The lowest BCUT2D eigenvalue weighted by Crippen LogP contribution is -2.40. The van der Waals surface area contributed by atoms with Gasteiger partial charge in [0, 0.05) is 29.6 Å². The van der Waals surface area contributed by atoms with E-state index in [2.05, 4.69) is 20.5 Å². The van der Waals surface area contributed by atoms with E-state index in [1.165, 1.54) is 31.4 Å². The zero-order valence-electron chi connectivity index (χ0n) is 19.9. The molecule has 0 radical (unpaired) electrons. The Morgan fingerprint density at radius 2 is 1.94 bits per heavy atom. The molecule has 1 aromatic carbocycles. The summed E-state index contributed by atoms with van der Waals surface area (Å²) >= 11 is 0. The van der Waals surface area contributed by atoms with E-state index < -0.39 is 0 Å². The van der Waals surface area contributed by atoms with Crippen molar-refractivity contribution in [3.05, 3.63) is 47.7 Å². The number of carbonyl (C=O) groups is 1. The molecule has 2 fully saturated rings. The zero-order valence-corrected chi connectivity index (χ0v) is 19.9. The third-order valence-corrected chi connectivity index (χ3v) is 7.58. The first-order valence-corrected chi connectivity index (χ1v) is 12.6. The predicted octanol–water partition coefficient (Wildman–Crippen LogP) is 4.42. The van der Waals surface area contributed by atoms with Crippen molar-refractivity contribution in [1.29, 1.82) is 0 Å². The first-order valence-electron chi connectivity index (χ1n) is 12.6. The summed E-state index contributed by atoms with van der Waals surface area (Å²) in [5.74, 6) is 0.895. The quantitative estimate of drug-likeness (QED) is 0.557. The fourth-order valence-electron chi connectivity index (χ4n) is 5.59. The van der Waals surface area contributed by atoms with Crippen LogP contribution in [-0.4, -0.2) is 51.4 Å². The van der Waals surface area contributed by atoms with Crippen molar-refractivity contribution in [3.8, 4) is 0 Å². The second-order valence-electron chi connectivity index (χ2n) is 10.1. The van der Waals surface area contributed by atoms with E-state index in [4.69, 9.17) is 4.52 Å². The van der Waals surface area contributed by atoms with Crippen LogP contribution in [0.2, 0.25) is 0 Å². The summed E-state index contributed by atoms with van der Waals surface area (Å²) in [6.07, 6.45) is 9.70. The number of halogens is 1. The largest absolute Gasteiger partial charge is 0.356 e. The summed E-state index contributed by atoms with van der Waals surface area (Å²) < 4.78 is 20.5. The Hall–Kier alpha value is -2.74. The van der Waals surface area contributed by atoms with Gasteiger partial charge in [-0.2, -0.15) is 5.10 Å². The average molecular weight is 468 g/mol. The van der Waals surface area contributed by atoms with E-state index in [1.807, 2.05) is 19.2 Å². The number of rotatable bonds is 7. The van der Waals surface area contributed by atoms with Gasteiger partial charge in [-0.25, -0.2) is 4.39 Å². The van der Waals surface area contributed by atoms with Gasteiger partial charge < -0.3 is 14.7 Å². The number of piperidine rings is 1. The lowest BCUT2D eigenvalue weighted by Gasteiger charge is -2.34. The molecule has 3 heterocycles. The third kappa shape index (κ3) is 5.49. The number of amides is 1. The summed E-state index contributed by atoms with van der Waals surface area (Å²) in [6, 6.07) is 6.90. The van der Waals surface area contributed by atoms with Crippen molar-refractivity contribution >= 4 is 16.9 Å². The van der Waals surface area contributed by atoms with Gasteiger partial charge in [-0.1, -0.05) is 5.16 Å². The van der Waals surface area contributed by atoms with Gasteiger partial charge in [0.25, 0.3) is 0 Å². The van der Waals surface area contributed by atoms with Crippen LogP contribution in [0.3, 0.4) is 0 Å². The first kappa shape index (κ1) is 23.0. The maximum Gasteiger partial charge on any atom is 0.241 e. The van der Waals surface area contributed by atoms with E-state index in [1.54, 1.807) is 10.7 Å². The number of carbonyl (C=O) groups excluding carboxylic acids is 1. The number of aryl methyl sites for hydroxylation is 1. The van der Waals surface area contributed by atoms with Crippen LogP contribution in [0.25, 0.3) is 11.0 Å². The van der Waals surface area contributed by atoms with Crippen molar-refractivity contribution in [2.24, 2.45) is 5.92 Å². The molecule has 2 aliphatic rings. The highest BCUT2D eigenvalue weighted by molar-refractivity contribution is 5.80.